The zero-order chi connectivity index (χ0) is 43.5. The quantitative estimate of drug-likeness (QED) is 0.0783. The first-order valence-electron chi connectivity index (χ1n) is 20.6. The molecule has 1 spiro atoms. The molecule has 3 nitrogen and oxygen atoms in total. The maximum atomic E-state index is 11.1. The van der Waals surface area contributed by atoms with Crippen molar-refractivity contribution in [3.8, 4) is 0 Å². The fourth-order valence-electron chi connectivity index (χ4n) is 7.80. The van der Waals surface area contributed by atoms with Gasteiger partial charge in [-0.2, -0.15) is 12.6 Å². The van der Waals surface area contributed by atoms with Crippen molar-refractivity contribution in [1.82, 2.24) is 0 Å². The lowest BCUT2D eigenvalue weighted by atomic mass is 9.61. The predicted molar refractivity (Wildman–Crippen MR) is 267 cm³/mol. The Kier molecular flexibility index (Phi) is 17.4. The lowest BCUT2D eigenvalue weighted by molar-refractivity contribution is 0.460. The highest BCUT2D eigenvalue weighted by atomic mass is 32.1. The van der Waals surface area contributed by atoms with Crippen LogP contribution in [0.5, 0.6) is 0 Å². The highest BCUT2D eigenvalue weighted by Gasteiger charge is 2.43. The van der Waals surface area contributed by atoms with E-state index in [1.807, 2.05) is 98.0 Å². The standard InChI is InChI=1S/C47H44N2O.C9H10.CH4S/c1-35-17-5-2-3-6-18-36-19-9-10-24-39(36)31-41-30-29-40(42(33-48)25-13-16-28-46(49)38-22-7-4-8-23-38)32-45(41)47(35)43(34-50)26-14-11-20-37-21-12-15-27-44(37)47;1-8(2)9-6-4-3-5-7-9;1-2/h2-5,7-17,19-30,32-34,46,50H,1,6,18,31,48-49H2;3-7H,1H2,2H3;2H,1H3/b3-2-,17-5-,20-11-,25-13-,26-14-,28-16+,42-33+,43-34-;;. The summed E-state index contributed by atoms with van der Waals surface area (Å²) >= 11 is 3.53. The molecule has 0 saturated heterocycles. The molecule has 0 fully saturated rings. The summed E-state index contributed by atoms with van der Waals surface area (Å²) in [5, 5.41) is 11.1. The van der Waals surface area contributed by atoms with Crippen molar-refractivity contribution in [2.24, 2.45) is 11.5 Å². The molecule has 0 heterocycles. The number of thiol groups is 1. The number of nitrogens with two attached hydrogens (primary N) is 2. The Balaban J connectivity index is 0.000000562. The molecule has 0 radical (unpaired) electrons. The van der Waals surface area contributed by atoms with E-state index in [1.165, 1.54) is 23.0 Å². The van der Waals surface area contributed by atoms with E-state index in [0.29, 0.717) is 6.42 Å². The van der Waals surface area contributed by atoms with Gasteiger partial charge in [0.25, 0.3) is 0 Å². The summed E-state index contributed by atoms with van der Waals surface area (Å²) < 4.78 is 0. The molecule has 5 aromatic carbocycles. The van der Waals surface area contributed by atoms with Crippen LogP contribution in [0.15, 0.2) is 231 Å². The molecule has 2 aliphatic carbocycles. The molecule has 0 saturated carbocycles. The molecule has 2 unspecified atom stereocenters. The van der Waals surface area contributed by atoms with E-state index in [9.17, 15) is 5.11 Å². The molecule has 2 aliphatic rings. The predicted octanol–water partition coefficient (Wildman–Crippen LogP) is 13.6. The number of hydrogen-bond donors (Lipinski definition) is 4. The van der Waals surface area contributed by atoms with Gasteiger partial charge < -0.3 is 16.6 Å². The van der Waals surface area contributed by atoms with Crippen LogP contribution in [0.25, 0.3) is 17.2 Å². The van der Waals surface area contributed by atoms with E-state index in [-0.39, 0.29) is 6.04 Å². The number of rotatable bonds is 6. The molecule has 308 valence electrons. The Morgan fingerprint density at radius 3 is 2.08 bits per heavy atom. The lowest BCUT2D eigenvalue weighted by Gasteiger charge is -2.40. The van der Waals surface area contributed by atoms with Crippen LogP contribution in [0.2, 0.25) is 0 Å². The van der Waals surface area contributed by atoms with Crippen molar-refractivity contribution < 1.29 is 5.11 Å². The molecule has 0 bridgehead atoms. The van der Waals surface area contributed by atoms with Crippen molar-refractivity contribution in [2.45, 2.75) is 37.6 Å². The van der Waals surface area contributed by atoms with E-state index in [4.69, 9.17) is 18.0 Å². The van der Waals surface area contributed by atoms with Gasteiger partial charge in [0, 0.05) is 17.8 Å². The largest absolute Gasteiger partial charge is 0.515 e. The number of allylic oxidation sites excluding steroid dienone is 14. The maximum absolute atomic E-state index is 11.1. The first-order chi connectivity index (χ1) is 29.9. The van der Waals surface area contributed by atoms with Gasteiger partial charge in [-0.05, 0) is 99.7 Å². The van der Waals surface area contributed by atoms with Gasteiger partial charge in [0.1, 0.15) is 0 Å². The van der Waals surface area contributed by atoms with Crippen molar-refractivity contribution in [1.29, 1.82) is 0 Å². The van der Waals surface area contributed by atoms with E-state index in [1.54, 1.807) is 12.5 Å². The normalized spacial score (nSPS) is 19.4. The Morgan fingerprint density at radius 2 is 1.38 bits per heavy atom. The highest BCUT2D eigenvalue weighted by molar-refractivity contribution is 7.79. The number of aliphatic hydroxyl groups excluding tert-OH is 1. The number of benzene rings is 5. The third-order valence-corrected chi connectivity index (χ3v) is 10.9. The van der Waals surface area contributed by atoms with E-state index in [2.05, 4.69) is 128 Å². The van der Waals surface area contributed by atoms with E-state index in [0.717, 1.165) is 68.5 Å². The van der Waals surface area contributed by atoms with Crippen LogP contribution in [-0.2, 0) is 18.3 Å². The lowest BCUT2D eigenvalue weighted by Crippen LogP contribution is -2.34. The second-order valence-corrected chi connectivity index (χ2v) is 14.8. The van der Waals surface area contributed by atoms with Gasteiger partial charge in [-0.1, -0.05) is 213 Å². The fourth-order valence-corrected chi connectivity index (χ4v) is 7.80. The molecular formula is C57H58N2OS. The summed E-state index contributed by atoms with van der Waals surface area (Å²) in [5.74, 6) is 0. The molecule has 0 aromatic heterocycles. The SMILES string of the molecule is C=C(C)c1ccccc1.C=C1/C=C\C=C/CCc2ccccc2Cc2ccc(C(/C=C\C=C\C(N)c3ccccc3)=C/N)cc2C12C(=C\O)/C=C\C=C/c1ccccc12.CS. The molecule has 4 heteroatoms. The highest BCUT2D eigenvalue weighted by Crippen LogP contribution is 2.50. The molecule has 2 atom stereocenters. The summed E-state index contributed by atoms with van der Waals surface area (Å²) in [4.78, 5) is 0. The van der Waals surface area contributed by atoms with Crippen LogP contribution < -0.4 is 11.5 Å². The van der Waals surface area contributed by atoms with Crippen molar-refractivity contribution in [2.75, 3.05) is 6.26 Å². The first-order valence-corrected chi connectivity index (χ1v) is 21.5. The minimum Gasteiger partial charge on any atom is -0.515 e. The van der Waals surface area contributed by atoms with Gasteiger partial charge in [0.2, 0.25) is 0 Å². The third kappa shape index (κ3) is 11.4. The zero-order valence-corrected chi connectivity index (χ0v) is 36.3. The molecule has 0 aliphatic heterocycles. The summed E-state index contributed by atoms with van der Waals surface area (Å²) in [7, 11) is 0. The van der Waals surface area contributed by atoms with Gasteiger partial charge in [0.05, 0.1) is 11.7 Å². The van der Waals surface area contributed by atoms with Crippen molar-refractivity contribution in [3.05, 3.63) is 281 Å². The summed E-state index contributed by atoms with van der Waals surface area (Å²) in [6.45, 7) is 10.6. The van der Waals surface area contributed by atoms with Crippen LogP contribution in [0.3, 0.4) is 0 Å². The zero-order valence-electron chi connectivity index (χ0n) is 35.4. The van der Waals surface area contributed by atoms with Crippen LogP contribution in [-0.4, -0.2) is 11.4 Å². The smallest absolute Gasteiger partial charge is 0.0839 e. The monoisotopic (exact) mass is 818 g/mol. The number of hydrogen-bond acceptors (Lipinski definition) is 4. The van der Waals surface area contributed by atoms with Gasteiger partial charge in [-0.15, -0.1) is 0 Å². The maximum Gasteiger partial charge on any atom is 0.0839 e. The van der Waals surface area contributed by atoms with Gasteiger partial charge in [0.15, 0.2) is 0 Å². The van der Waals surface area contributed by atoms with Crippen LogP contribution in [0.1, 0.15) is 69.5 Å². The van der Waals surface area contributed by atoms with Gasteiger partial charge >= 0.3 is 0 Å². The van der Waals surface area contributed by atoms with Crippen LogP contribution in [0, 0.1) is 0 Å². The summed E-state index contributed by atoms with van der Waals surface area (Å²) in [6, 6.07) is 43.6. The molecular weight excluding hydrogens is 761 g/mol. The fraction of sp³-hybridized carbons (Fsp3) is 0.123. The van der Waals surface area contributed by atoms with Crippen molar-refractivity contribution in [3.63, 3.8) is 0 Å². The molecule has 7 rings (SSSR count). The average molecular weight is 819 g/mol. The first kappa shape index (κ1) is 45.5. The summed E-state index contributed by atoms with van der Waals surface area (Å²) in [6.07, 6.45) is 31.7. The van der Waals surface area contributed by atoms with E-state index >= 15 is 0 Å². The average Bonchev–Trinajstić information content (AvgIpc) is 3.31. The second-order valence-electron chi connectivity index (χ2n) is 14.8. The summed E-state index contributed by atoms with van der Waals surface area (Å²) in [5.41, 5.74) is 25.5. The van der Waals surface area contributed by atoms with E-state index < -0.39 is 5.41 Å². The van der Waals surface area contributed by atoms with Crippen LogP contribution in [0.4, 0.5) is 0 Å². The molecule has 61 heavy (non-hydrogen) atoms. The Hall–Kier alpha value is -6.59. The number of aryl methyl sites for hydroxylation is 1. The third-order valence-electron chi connectivity index (χ3n) is 10.9. The van der Waals surface area contributed by atoms with Crippen LogP contribution >= 0.6 is 12.6 Å². The van der Waals surface area contributed by atoms with Gasteiger partial charge in [-0.3, -0.25) is 0 Å². The number of fused-ring (bicyclic) bond motifs is 5. The Morgan fingerprint density at radius 1 is 0.721 bits per heavy atom. The molecule has 0 amide bonds. The topological polar surface area (TPSA) is 72.3 Å². The second kappa shape index (κ2) is 23.3. The van der Waals surface area contributed by atoms with Gasteiger partial charge in [-0.25, -0.2) is 0 Å². The molecule has 5 aromatic rings. The minimum atomic E-state index is -0.933. The number of aliphatic hydroxyl groups is 1. The Labute approximate surface area is 369 Å². The van der Waals surface area contributed by atoms with Crippen molar-refractivity contribution >= 4 is 29.9 Å². The molecule has 5 N–H and O–H groups in total. The minimum absolute atomic E-state index is 0.213. The Bertz CT molecular complexity index is 2500.